The van der Waals surface area contributed by atoms with Gasteiger partial charge in [0.25, 0.3) is 0 Å². The fourth-order valence-corrected chi connectivity index (χ4v) is 2.31. The zero-order valence-electron chi connectivity index (χ0n) is 14.2. The van der Waals surface area contributed by atoms with Crippen LogP contribution in [0.2, 0.25) is 0 Å². The maximum atomic E-state index is 5.86. The van der Waals surface area contributed by atoms with Crippen LogP contribution < -0.4 is 10.1 Å². The molecule has 1 aromatic carbocycles. The van der Waals surface area contributed by atoms with Crippen molar-refractivity contribution in [3.8, 4) is 5.75 Å². The minimum Gasteiger partial charge on any atom is -0.491 e. The van der Waals surface area contributed by atoms with Crippen molar-refractivity contribution in [3.63, 3.8) is 0 Å². The molecule has 0 unspecified atom stereocenters. The SMILES string of the molecule is COCCOc1ccccc1C(C)(C)CCNCC(C)C. The molecule has 0 atom stereocenters. The number of benzene rings is 1. The van der Waals surface area contributed by atoms with E-state index in [1.54, 1.807) is 7.11 Å². The largest absolute Gasteiger partial charge is 0.491 e. The minimum absolute atomic E-state index is 0.0909. The van der Waals surface area contributed by atoms with Gasteiger partial charge in [-0.25, -0.2) is 0 Å². The molecule has 0 bridgehead atoms. The second-order valence-corrected chi connectivity index (χ2v) is 6.57. The molecule has 0 saturated carbocycles. The molecule has 120 valence electrons. The van der Waals surface area contributed by atoms with Crippen LogP contribution in [0.1, 0.15) is 39.7 Å². The van der Waals surface area contributed by atoms with Gasteiger partial charge in [-0.1, -0.05) is 45.9 Å². The third-order valence-electron chi connectivity index (χ3n) is 3.64. The van der Waals surface area contributed by atoms with Gasteiger partial charge in [0.2, 0.25) is 0 Å². The summed E-state index contributed by atoms with van der Waals surface area (Å²) in [6.45, 7) is 12.3. The summed E-state index contributed by atoms with van der Waals surface area (Å²) in [6.07, 6.45) is 1.09. The molecule has 0 aliphatic carbocycles. The second-order valence-electron chi connectivity index (χ2n) is 6.57. The van der Waals surface area contributed by atoms with Gasteiger partial charge in [0.05, 0.1) is 6.61 Å². The Balaban J connectivity index is 2.63. The van der Waals surface area contributed by atoms with Crippen molar-refractivity contribution in [3.05, 3.63) is 29.8 Å². The molecule has 21 heavy (non-hydrogen) atoms. The van der Waals surface area contributed by atoms with Crippen LogP contribution in [0, 0.1) is 5.92 Å². The van der Waals surface area contributed by atoms with Crippen molar-refractivity contribution in [2.75, 3.05) is 33.4 Å². The van der Waals surface area contributed by atoms with Crippen LogP contribution in [0.3, 0.4) is 0 Å². The Hall–Kier alpha value is -1.06. The van der Waals surface area contributed by atoms with Gasteiger partial charge in [-0.15, -0.1) is 0 Å². The Morgan fingerprint density at radius 1 is 1.14 bits per heavy atom. The molecule has 0 fully saturated rings. The van der Waals surface area contributed by atoms with Crippen LogP contribution in [0.4, 0.5) is 0 Å². The third-order valence-corrected chi connectivity index (χ3v) is 3.64. The zero-order valence-corrected chi connectivity index (χ0v) is 14.2. The van der Waals surface area contributed by atoms with Gasteiger partial charge in [0, 0.05) is 7.11 Å². The fourth-order valence-electron chi connectivity index (χ4n) is 2.31. The predicted octanol–water partition coefficient (Wildman–Crippen LogP) is 3.63. The molecular formula is C18H31NO2. The molecule has 0 aliphatic rings. The lowest BCUT2D eigenvalue weighted by atomic mass is 9.81. The number of nitrogens with one attached hydrogen (secondary N) is 1. The molecule has 3 heteroatoms. The maximum Gasteiger partial charge on any atom is 0.123 e. The van der Waals surface area contributed by atoms with E-state index in [-0.39, 0.29) is 5.41 Å². The number of hydrogen-bond donors (Lipinski definition) is 1. The molecule has 1 aromatic rings. The van der Waals surface area contributed by atoms with E-state index in [4.69, 9.17) is 9.47 Å². The summed E-state index contributed by atoms with van der Waals surface area (Å²) in [7, 11) is 1.69. The van der Waals surface area contributed by atoms with Crippen LogP contribution in [-0.4, -0.2) is 33.4 Å². The molecule has 0 saturated heterocycles. The molecule has 0 spiro atoms. The van der Waals surface area contributed by atoms with E-state index in [1.807, 2.05) is 12.1 Å². The predicted molar refractivity (Wildman–Crippen MR) is 89.2 cm³/mol. The first-order chi connectivity index (χ1) is 9.97. The minimum atomic E-state index is 0.0909. The van der Waals surface area contributed by atoms with E-state index in [2.05, 4.69) is 45.1 Å². The number of methoxy groups -OCH3 is 1. The van der Waals surface area contributed by atoms with Crippen molar-refractivity contribution in [2.45, 2.75) is 39.5 Å². The Morgan fingerprint density at radius 3 is 2.52 bits per heavy atom. The van der Waals surface area contributed by atoms with E-state index in [1.165, 1.54) is 5.56 Å². The topological polar surface area (TPSA) is 30.5 Å². The summed E-state index contributed by atoms with van der Waals surface area (Å²) in [4.78, 5) is 0. The van der Waals surface area contributed by atoms with E-state index in [0.29, 0.717) is 19.1 Å². The van der Waals surface area contributed by atoms with Crippen LogP contribution in [-0.2, 0) is 10.2 Å². The molecular weight excluding hydrogens is 262 g/mol. The van der Waals surface area contributed by atoms with Crippen molar-refractivity contribution in [1.29, 1.82) is 0 Å². The van der Waals surface area contributed by atoms with Crippen molar-refractivity contribution < 1.29 is 9.47 Å². The highest BCUT2D eigenvalue weighted by atomic mass is 16.5. The summed E-state index contributed by atoms with van der Waals surface area (Å²) in [5.74, 6) is 1.67. The average Bonchev–Trinajstić information content (AvgIpc) is 2.44. The van der Waals surface area contributed by atoms with Gasteiger partial charge in [-0.3, -0.25) is 0 Å². The Kier molecular flexibility index (Phi) is 7.76. The lowest BCUT2D eigenvalue weighted by molar-refractivity contribution is 0.145. The zero-order chi connectivity index (χ0) is 15.7. The summed E-state index contributed by atoms with van der Waals surface area (Å²) < 4.78 is 10.9. The summed E-state index contributed by atoms with van der Waals surface area (Å²) in [5, 5.41) is 3.52. The second kappa shape index (κ2) is 9.06. The molecule has 1 rings (SSSR count). The first-order valence-electron chi connectivity index (χ1n) is 7.89. The number of rotatable bonds is 10. The highest BCUT2D eigenvalue weighted by molar-refractivity contribution is 5.38. The molecule has 0 heterocycles. The molecule has 3 nitrogen and oxygen atoms in total. The van der Waals surface area contributed by atoms with Gasteiger partial charge >= 0.3 is 0 Å². The van der Waals surface area contributed by atoms with Crippen molar-refractivity contribution in [2.24, 2.45) is 5.92 Å². The standard InChI is InChI=1S/C18H31NO2/c1-15(2)14-19-11-10-18(3,4)16-8-6-7-9-17(16)21-13-12-20-5/h6-9,15,19H,10-14H2,1-5H3. The van der Waals surface area contributed by atoms with Crippen LogP contribution >= 0.6 is 0 Å². The average molecular weight is 293 g/mol. The van der Waals surface area contributed by atoms with Gasteiger partial charge in [0.15, 0.2) is 0 Å². The number of para-hydroxylation sites is 1. The van der Waals surface area contributed by atoms with Crippen LogP contribution in [0.5, 0.6) is 5.75 Å². The lowest BCUT2D eigenvalue weighted by Crippen LogP contribution is -2.28. The van der Waals surface area contributed by atoms with Crippen molar-refractivity contribution >= 4 is 0 Å². The van der Waals surface area contributed by atoms with Crippen LogP contribution in [0.25, 0.3) is 0 Å². The quantitative estimate of drug-likeness (QED) is 0.668. The van der Waals surface area contributed by atoms with E-state index in [0.717, 1.165) is 25.3 Å². The van der Waals surface area contributed by atoms with E-state index >= 15 is 0 Å². The maximum absolute atomic E-state index is 5.86. The molecule has 1 N–H and O–H groups in total. The number of ether oxygens (including phenoxy) is 2. The molecule has 0 aliphatic heterocycles. The first-order valence-corrected chi connectivity index (χ1v) is 7.89. The molecule has 0 amide bonds. The third kappa shape index (κ3) is 6.49. The number of hydrogen-bond acceptors (Lipinski definition) is 3. The summed E-state index contributed by atoms with van der Waals surface area (Å²) in [6, 6.07) is 8.33. The van der Waals surface area contributed by atoms with Gasteiger partial charge < -0.3 is 14.8 Å². The van der Waals surface area contributed by atoms with Crippen molar-refractivity contribution in [1.82, 2.24) is 5.32 Å². The van der Waals surface area contributed by atoms with E-state index < -0.39 is 0 Å². The fraction of sp³-hybridized carbons (Fsp3) is 0.667. The Bertz CT molecular complexity index is 402. The van der Waals surface area contributed by atoms with Gasteiger partial charge in [-0.2, -0.15) is 0 Å². The van der Waals surface area contributed by atoms with Crippen LogP contribution in [0.15, 0.2) is 24.3 Å². The smallest absolute Gasteiger partial charge is 0.123 e. The highest BCUT2D eigenvalue weighted by Crippen LogP contribution is 2.33. The highest BCUT2D eigenvalue weighted by Gasteiger charge is 2.23. The summed E-state index contributed by atoms with van der Waals surface area (Å²) in [5.41, 5.74) is 1.36. The Morgan fingerprint density at radius 2 is 1.86 bits per heavy atom. The normalized spacial score (nSPS) is 11.9. The monoisotopic (exact) mass is 293 g/mol. The molecule has 0 radical (unpaired) electrons. The van der Waals surface area contributed by atoms with Gasteiger partial charge in [0.1, 0.15) is 12.4 Å². The first kappa shape index (κ1) is 18.0. The lowest BCUT2D eigenvalue weighted by Gasteiger charge is -2.28. The summed E-state index contributed by atoms with van der Waals surface area (Å²) >= 11 is 0. The van der Waals surface area contributed by atoms with Gasteiger partial charge in [-0.05, 0) is 42.5 Å². The Labute approximate surface area is 130 Å². The van der Waals surface area contributed by atoms with E-state index in [9.17, 15) is 0 Å². The molecule has 0 aromatic heterocycles.